The summed E-state index contributed by atoms with van der Waals surface area (Å²) in [6.45, 7) is 9.37. The summed E-state index contributed by atoms with van der Waals surface area (Å²) in [5, 5.41) is 0. The molecule has 17 heavy (non-hydrogen) atoms. The van der Waals surface area contributed by atoms with E-state index in [0.717, 1.165) is 6.55 Å². The molecule has 1 unspecified atom stereocenters. The lowest BCUT2D eigenvalue weighted by Crippen LogP contribution is -2.62. The lowest BCUT2D eigenvalue weighted by molar-refractivity contribution is -0.0833. The van der Waals surface area contributed by atoms with E-state index in [1.165, 1.54) is 7.11 Å². The summed E-state index contributed by atoms with van der Waals surface area (Å²) in [5.41, 5.74) is 0. The Hall–Kier alpha value is 0.321. The van der Waals surface area contributed by atoms with Gasteiger partial charge in [-0.05, 0) is 39.3 Å². The lowest BCUT2D eigenvalue weighted by Gasteiger charge is -2.39. The topological polar surface area (TPSA) is 27.7 Å². The zero-order valence-electron chi connectivity index (χ0n) is 11.4. The van der Waals surface area contributed by atoms with Crippen molar-refractivity contribution in [2.75, 3.05) is 7.11 Å². The van der Waals surface area contributed by atoms with Crippen molar-refractivity contribution >= 4 is 25.4 Å². The van der Waals surface area contributed by atoms with Crippen LogP contribution in [-0.2, 0) is 12.7 Å². The average molecular weight is 307 g/mol. The van der Waals surface area contributed by atoms with E-state index in [4.69, 9.17) is 12.7 Å². The molecule has 0 radical (unpaired) electrons. The fourth-order valence-corrected chi connectivity index (χ4v) is 11.5. The van der Waals surface area contributed by atoms with E-state index in [9.17, 15) is 13.2 Å². The van der Waals surface area contributed by atoms with Gasteiger partial charge in [0.2, 0.25) is 0 Å². The number of hydrogen-bond acceptors (Lipinski definition) is 3. The molecule has 9 heteroatoms. The second kappa shape index (κ2) is 5.13. The molecule has 0 aliphatic rings. The molecule has 0 aromatic heterocycles. The minimum atomic E-state index is -4.45. The van der Waals surface area contributed by atoms with E-state index in [-0.39, 0.29) is 0 Å². The Morgan fingerprint density at radius 3 is 1.47 bits per heavy atom. The number of halogens is 3. The van der Waals surface area contributed by atoms with E-state index in [2.05, 4.69) is 0 Å². The van der Waals surface area contributed by atoms with Gasteiger partial charge in [-0.15, -0.1) is 0 Å². The van der Waals surface area contributed by atoms with E-state index < -0.39 is 31.2 Å². The van der Waals surface area contributed by atoms with Crippen LogP contribution in [-0.4, -0.2) is 38.3 Å². The number of rotatable bonds is 5. The smallest absolute Gasteiger partial charge is 0.431 e. The van der Waals surface area contributed by atoms with Crippen LogP contribution in [0.2, 0.25) is 39.3 Å². The summed E-state index contributed by atoms with van der Waals surface area (Å²) in [6, 6.07) is 0. The van der Waals surface area contributed by atoms with Gasteiger partial charge in [0.25, 0.3) is 0 Å². The Bertz CT molecular complexity index is 265. The highest BCUT2D eigenvalue weighted by atomic mass is 28.5. The van der Waals surface area contributed by atoms with Crippen LogP contribution in [0.3, 0.4) is 0 Å². The summed E-state index contributed by atoms with van der Waals surface area (Å²) in [7, 11) is -7.99. The van der Waals surface area contributed by atoms with Crippen LogP contribution in [0.15, 0.2) is 0 Å². The van der Waals surface area contributed by atoms with Gasteiger partial charge in [-0.3, -0.25) is 0 Å². The van der Waals surface area contributed by atoms with Gasteiger partial charge in [0.15, 0.2) is 8.32 Å². The van der Waals surface area contributed by atoms with Crippen LogP contribution in [0.1, 0.15) is 0 Å². The van der Waals surface area contributed by atoms with Gasteiger partial charge in [0, 0.05) is 7.11 Å². The van der Waals surface area contributed by atoms with Crippen molar-refractivity contribution in [3.63, 3.8) is 0 Å². The van der Waals surface area contributed by atoms with Crippen LogP contribution < -0.4 is 0 Å². The van der Waals surface area contributed by atoms with E-state index in [1.54, 1.807) is 32.7 Å². The molecule has 0 aromatic rings. The Kier molecular flexibility index (Phi) is 5.23. The standard InChI is InChI=1S/C8H21F3O3Si3/c1-12-16(5,6)14-17(7,8(9,10)11)13-15(2,3)4/h1-7H3. The molecule has 0 heterocycles. The highest BCUT2D eigenvalue weighted by molar-refractivity contribution is 6.87. The van der Waals surface area contributed by atoms with Gasteiger partial charge in [0.05, 0.1) is 0 Å². The lowest BCUT2D eigenvalue weighted by atomic mass is 11.5. The largest absolute Gasteiger partial charge is 0.436 e. The van der Waals surface area contributed by atoms with Crippen LogP contribution >= 0.6 is 0 Å². The summed E-state index contributed by atoms with van der Waals surface area (Å²) in [6.07, 6.45) is 0. The first kappa shape index (κ1) is 17.3. The van der Waals surface area contributed by atoms with Crippen molar-refractivity contribution < 1.29 is 25.8 Å². The zero-order chi connectivity index (χ0) is 14.1. The predicted octanol–water partition coefficient (Wildman–Crippen LogP) is 3.38. The second-order valence-corrected chi connectivity index (χ2v) is 16.9. The van der Waals surface area contributed by atoms with E-state index in [1.807, 2.05) is 0 Å². The first-order valence-electron chi connectivity index (χ1n) is 5.25. The zero-order valence-corrected chi connectivity index (χ0v) is 14.4. The summed E-state index contributed by atoms with van der Waals surface area (Å²) >= 11 is 0. The molecule has 0 rings (SSSR count). The van der Waals surface area contributed by atoms with Gasteiger partial charge in [-0.1, -0.05) is 0 Å². The Balaban J connectivity index is 5.14. The molecule has 104 valence electrons. The van der Waals surface area contributed by atoms with Gasteiger partial charge in [-0.2, -0.15) is 13.2 Å². The molecule has 1 atom stereocenters. The van der Waals surface area contributed by atoms with Crippen LogP contribution in [0, 0.1) is 0 Å². The van der Waals surface area contributed by atoms with Gasteiger partial charge in [0.1, 0.15) is 0 Å². The maximum atomic E-state index is 13.1. The third kappa shape index (κ3) is 5.66. The molecule has 0 N–H and O–H groups in total. The van der Waals surface area contributed by atoms with Crippen molar-refractivity contribution in [1.29, 1.82) is 0 Å². The molecule has 0 saturated carbocycles. The second-order valence-electron chi connectivity index (χ2n) is 5.36. The quantitative estimate of drug-likeness (QED) is 0.729. The normalized spacial score (nSPS) is 18.0. The molecule has 0 saturated heterocycles. The van der Waals surface area contributed by atoms with Crippen molar-refractivity contribution in [2.45, 2.75) is 45.1 Å². The van der Waals surface area contributed by atoms with Gasteiger partial charge in [-0.25, -0.2) is 0 Å². The Morgan fingerprint density at radius 1 is 0.824 bits per heavy atom. The third-order valence-corrected chi connectivity index (χ3v) is 11.5. The SMILES string of the molecule is CO[Si](C)(C)O[Si](C)(O[Si](C)(C)C)C(F)(F)F. The predicted molar refractivity (Wildman–Crippen MR) is 67.7 cm³/mol. The molecule has 0 spiro atoms. The van der Waals surface area contributed by atoms with Crippen molar-refractivity contribution in [3.05, 3.63) is 0 Å². The Labute approximate surface area is 104 Å². The first-order valence-corrected chi connectivity index (χ1v) is 13.8. The maximum absolute atomic E-state index is 13.1. The molecule has 0 aromatic carbocycles. The molecule has 3 nitrogen and oxygen atoms in total. The van der Waals surface area contributed by atoms with E-state index in [0.29, 0.717) is 0 Å². The molecule has 0 fully saturated rings. The van der Waals surface area contributed by atoms with Crippen molar-refractivity contribution in [2.24, 2.45) is 0 Å². The highest BCUT2D eigenvalue weighted by Gasteiger charge is 2.62. The van der Waals surface area contributed by atoms with Crippen molar-refractivity contribution in [1.82, 2.24) is 0 Å². The monoisotopic (exact) mass is 306 g/mol. The fraction of sp³-hybridized carbons (Fsp3) is 1.00. The van der Waals surface area contributed by atoms with Crippen molar-refractivity contribution in [3.8, 4) is 0 Å². The molecular weight excluding hydrogens is 285 g/mol. The summed E-state index contributed by atoms with van der Waals surface area (Å²) in [5.74, 6) is -4.45. The van der Waals surface area contributed by atoms with Crippen LogP contribution in [0.4, 0.5) is 13.2 Å². The number of alkyl halides is 3. The number of hydrogen-bond donors (Lipinski definition) is 0. The molecular formula is C8H21F3O3Si3. The summed E-state index contributed by atoms with van der Waals surface area (Å²) in [4.78, 5) is 0. The molecule has 0 bridgehead atoms. The van der Waals surface area contributed by atoms with E-state index >= 15 is 0 Å². The van der Waals surface area contributed by atoms with Crippen LogP contribution in [0.5, 0.6) is 0 Å². The Morgan fingerprint density at radius 2 is 1.24 bits per heavy atom. The van der Waals surface area contributed by atoms with Crippen LogP contribution in [0.25, 0.3) is 0 Å². The highest BCUT2D eigenvalue weighted by Crippen LogP contribution is 2.35. The first-order chi connectivity index (χ1) is 7.22. The average Bonchev–Trinajstić information content (AvgIpc) is 1.97. The fourth-order valence-electron chi connectivity index (χ4n) is 1.23. The maximum Gasteiger partial charge on any atom is 0.436 e. The molecule has 0 aliphatic carbocycles. The molecule has 0 amide bonds. The third-order valence-electron chi connectivity index (χ3n) is 1.95. The molecule has 0 aliphatic heterocycles. The van der Waals surface area contributed by atoms with Gasteiger partial charge < -0.3 is 12.7 Å². The summed E-state index contributed by atoms with van der Waals surface area (Å²) < 4.78 is 54.9. The minimum absolute atomic E-state index is 1.05. The minimum Gasteiger partial charge on any atom is -0.431 e. The van der Waals surface area contributed by atoms with Gasteiger partial charge >= 0.3 is 22.9 Å².